The van der Waals surface area contributed by atoms with Crippen molar-refractivity contribution in [2.24, 2.45) is 56.7 Å². The molecule has 5 saturated carbocycles. The van der Waals surface area contributed by atoms with E-state index in [0.717, 1.165) is 37.7 Å². The lowest BCUT2D eigenvalue weighted by atomic mass is 9.32. The van der Waals surface area contributed by atoms with Gasteiger partial charge in [-0.2, -0.15) is 0 Å². The third kappa shape index (κ3) is 7.79. The van der Waals surface area contributed by atoms with Crippen molar-refractivity contribution in [1.29, 1.82) is 0 Å². The summed E-state index contributed by atoms with van der Waals surface area (Å²) in [6, 6.07) is 0. The minimum Gasteiger partial charge on any atom is -0.481 e. The van der Waals surface area contributed by atoms with Crippen molar-refractivity contribution < 1.29 is 94.2 Å². The molecule has 382 valence electrons. The molecule has 26 atom stereocenters. The molecule has 0 amide bonds. The van der Waals surface area contributed by atoms with Gasteiger partial charge in [0.15, 0.2) is 18.9 Å². The Bertz CT molecular complexity index is 1850. The number of ether oxygens (including phenoxy) is 6. The Labute approximate surface area is 391 Å². The normalized spacial score (nSPS) is 55.4. The molecule has 3 saturated heterocycles. The predicted molar refractivity (Wildman–Crippen MR) is 231 cm³/mol. The molecular formula is C48H76O19. The van der Waals surface area contributed by atoms with Gasteiger partial charge in [0, 0.05) is 0 Å². The second-order valence-corrected chi connectivity index (χ2v) is 22.7. The SMILES string of the molecule is C=C(C)C1CC[C@]2(C(=O)O)CC[C@]3(C)C(CCC4[C@@]5(C)CC[C@H](O[C@@H]6O[C@H](CO[C@@H]7O[C@H](CO)[C@@H](O[C@@H]8O[C@@H](C)[C@H](O)[C@@H](O)[C@H]8O)[C@H](O)[C@H]7O)[C@@H](O)[C@H](O)[C@H]6O)C(C)(C(=O)O)C5CC[C@]43C)C12. The van der Waals surface area contributed by atoms with Crippen LogP contribution in [0.25, 0.3) is 0 Å². The first-order valence-corrected chi connectivity index (χ1v) is 24.4. The van der Waals surface area contributed by atoms with Crippen LogP contribution < -0.4 is 0 Å². The lowest BCUT2D eigenvalue weighted by Gasteiger charge is -2.72. The summed E-state index contributed by atoms with van der Waals surface area (Å²) in [5.74, 6) is -1.67. The van der Waals surface area contributed by atoms with E-state index in [0.29, 0.717) is 25.7 Å². The smallest absolute Gasteiger partial charge is 0.312 e. The van der Waals surface area contributed by atoms with Crippen molar-refractivity contribution in [2.75, 3.05) is 13.2 Å². The molecule has 8 fully saturated rings. The first-order chi connectivity index (χ1) is 31.3. The average molecular weight is 957 g/mol. The topological polar surface area (TPSA) is 312 Å². The molecule has 19 nitrogen and oxygen atoms in total. The molecule has 3 aliphatic heterocycles. The highest BCUT2D eigenvalue weighted by atomic mass is 16.8. The number of carbonyl (C=O) groups is 2. The number of fused-ring (bicyclic) bond motifs is 7. The van der Waals surface area contributed by atoms with Gasteiger partial charge in [-0.1, -0.05) is 32.9 Å². The van der Waals surface area contributed by atoms with Crippen LogP contribution in [0.15, 0.2) is 12.2 Å². The zero-order valence-corrected chi connectivity index (χ0v) is 39.5. The maximum absolute atomic E-state index is 13.7. The van der Waals surface area contributed by atoms with Gasteiger partial charge >= 0.3 is 11.9 Å². The molecule has 0 aromatic heterocycles. The van der Waals surface area contributed by atoms with Gasteiger partial charge < -0.3 is 84.6 Å². The molecular weight excluding hydrogens is 881 g/mol. The summed E-state index contributed by atoms with van der Waals surface area (Å²) < 4.78 is 35.1. The molecule has 0 radical (unpaired) electrons. The van der Waals surface area contributed by atoms with E-state index in [-0.39, 0.29) is 46.8 Å². The second kappa shape index (κ2) is 18.3. The Hall–Kier alpha value is -1.92. The predicted octanol–water partition coefficient (Wildman–Crippen LogP) is 0.654. The van der Waals surface area contributed by atoms with E-state index >= 15 is 0 Å². The molecule has 8 aliphatic rings. The molecule has 0 spiro atoms. The number of carboxylic acids is 2. The van der Waals surface area contributed by atoms with Crippen molar-refractivity contribution in [1.82, 2.24) is 0 Å². The molecule has 5 aliphatic carbocycles. The molecule has 0 bridgehead atoms. The number of hydrogen-bond acceptors (Lipinski definition) is 17. The quantitative estimate of drug-likeness (QED) is 0.100. The van der Waals surface area contributed by atoms with E-state index in [1.165, 1.54) is 6.92 Å². The number of hydrogen-bond donors (Lipinski definition) is 11. The Morgan fingerprint density at radius 3 is 1.88 bits per heavy atom. The van der Waals surface area contributed by atoms with E-state index in [1.807, 2.05) is 6.92 Å². The van der Waals surface area contributed by atoms with E-state index in [4.69, 9.17) is 28.4 Å². The fourth-order valence-corrected chi connectivity index (χ4v) is 15.8. The minimum absolute atomic E-state index is 0.00507. The number of carboxylic acid groups (broad SMARTS) is 2. The van der Waals surface area contributed by atoms with Crippen molar-refractivity contribution in [3.05, 3.63) is 12.2 Å². The van der Waals surface area contributed by atoms with Gasteiger partial charge in [-0.25, -0.2) is 0 Å². The fourth-order valence-electron chi connectivity index (χ4n) is 15.8. The number of allylic oxidation sites excluding steroid dienone is 1. The number of aliphatic carboxylic acids is 2. The Morgan fingerprint density at radius 1 is 0.627 bits per heavy atom. The van der Waals surface area contributed by atoms with Gasteiger partial charge in [0.2, 0.25) is 0 Å². The van der Waals surface area contributed by atoms with Crippen LogP contribution in [0.1, 0.15) is 106 Å². The van der Waals surface area contributed by atoms with Crippen LogP contribution in [0, 0.1) is 56.7 Å². The monoisotopic (exact) mass is 956 g/mol. The van der Waals surface area contributed by atoms with Crippen LogP contribution in [0.2, 0.25) is 0 Å². The van der Waals surface area contributed by atoms with Gasteiger partial charge in [0.25, 0.3) is 0 Å². The summed E-state index contributed by atoms with van der Waals surface area (Å²) in [5, 5.41) is 118. The molecule has 0 aromatic carbocycles. The van der Waals surface area contributed by atoms with E-state index in [2.05, 4.69) is 27.4 Å². The van der Waals surface area contributed by atoms with E-state index in [1.54, 1.807) is 6.92 Å². The summed E-state index contributed by atoms with van der Waals surface area (Å²) in [5.41, 5.74) is -2.02. The Balaban J connectivity index is 0.958. The summed E-state index contributed by atoms with van der Waals surface area (Å²) >= 11 is 0. The average Bonchev–Trinajstić information content (AvgIpc) is 3.69. The minimum atomic E-state index is -1.86. The number of aliphatic hydroxyl groups is 9. The van der Waals surface area contributed by atoms with Crippen LogP contribution >= 0.6 is 0 Å². The largest absolute Gasteiger partial charge is 0.481 e. The highest BCUT2D eigenvalue weighted by molar-refractivity contribution is 5.77. The number of aliphatic hydroxyl groups excluding tert-OH is 9. The van der Waals surface area contributed by atoms with Gasteiger partial charge in [0.05, 0.1) is 36.3 Å². The molecule has 11 N–H and O–H groups in total. The molecule has 6 unspecified atom stereocenters. The summed E-state index contributed by atoms with van der Waals surface area (Å²) in [6.07, 6.45) is -18.4. The molecule has 0 aromatic rings. The van der Waals surface area contributed by atoms with Crippen LogP contribution in [0.3, 0.4) is 0 Å². The lowest BCUT2D eigenvalue weighted by Crippen LogP contribution is -2.69. The molecule has 8 rings (SSSR count). The number of rotatable bonds is 11. The van der Waals surface area contributed by atoms with E-state index < -0.39 is 140 Å². The Kier molecular flexibility index (Phi) is 14.0. The van der Waals surface area contributed by atoms with Gasteiger partial charge in [-0.3, -0.25) is 9.59 Å². The zero-order chi connectivity index (χ0) is 49.1. The summed E-state index contributed by atoms with van der Waals surface area (Å²) in [7, 11) is 0. The van der Waals surface area contributed by atoms with Crippen LogP contribution in [-0.4, -0.2) is 180 Å². The fraction of sp³-hybridized carbons (Fsp3) is 0.917. The Morgan fingerprint density at radius 2 is 1.25 bits per heavy atom. The standard InChI is InChI=1S/C48H76O19/c1-20(2)22-10-15-48(43(60)61)17-16-45(5)23(29(22)48)8-9-26-44(4)13-12-28(47(7,42(58)59)27(44)11-14-46(26,45)6)66-41-36(56)33(53)31(51)25(65-41)19-62-39-37(57)34(54)38(24(18-49)64-39)67-40-35(55)32(52)30(50)21(3)63-40/h21-41,49-57H,1,8-19H2,2-7H3,(H,58,59)(H,60,61)/t21-,22?,23?,24+,25+,26?,27?,28-,29?,30-,31+,32+,33-,34+,35+,36+,37+,38+,39+,40-,41-,44+,45+,46+,47?,48-/m0/s1. The first kappa shape index (κ1) is 51.4. The van der Waals surface area contributed by atoms with E-state index in [9.17, 15) is 65.8 Å². The van der Waals surface area contributed by atoms with Gasteiger partial charge in [0.1, 0.15) is 67.1 Å². The van der Waals surface area contributed by atoms with Gasteiger partial charge in [-0.05, 0) is 131 Å². The van der Waals surface area contributed by atoms with Crippen molar-refractivity contribution >= 4 is 11.9 Å². The van der Waals surface area contributed by atoms with Crippen LogP contribution in [0.5, 0.6) is 0 Å². The van der Waals surface area contributed by atoms with Crippen molar-refractivity contribution in [3.63, 3.8) is 0 Å². The first-order valence-electron chi connectivity index (χ1n) is 24.4. The molecule has 3 heterocycles. The zero-order valence-electron chi connectivity index (χ0n) is 39.5. The van der Waals surface area contributed by atoms with Gasteiger partial charge in [-0.15, -0.1) is 0 Å². The summed E-state index contributed by atoms with van der Waals surface area (Å²) in [6.45, 7) is 15.0. The van der Waals surface area contributed by atoms with Crippen molar-refractivity contribution in [3.8, 4) is 0 Å². The van der Waals surface area contributed by atoms with Crippen LogP contribution in [0.4, 0.5) is 0 Å². The molecule has 67 heavy (non-hydrogen) atoms. The van der Waals surface area contributed by atoms with Crippen molar-refractivity contribution in [2.45, 2.75) is 204 Å². The second-order valence-electron chi connectivity index (χ2n) is 22.7. The highest BCUT2D eigenvalue weighted by Gasteiger charge is 2.73. The maximum atomic E-state index is 13.7. The summed E-state index contributed by atoms with van der Waals surface area (Å²) in [4.78, 5) is 26.9. The lowest BCUT2D eigenvalue weighted by molar-refractivity contribution is -0.365. The molecule has 19 heteroatoms. The third-order valence-electron chi connectivity index (χ3n) is 19.9. The maximum Gasteiger partial charge on any atom is 0.312 e. The highest BCUT2D eigenvalue weighted by Crippen LogP contribution is 2.77. The van der Waals surface area contributed by atoms with Crippen LogP contribution in [-0.2, 0) is 38.0 Å². The third-order valence-corrected chi connectivity index (χ3v) is 19.9.